The highest BCUT2D eigenvalue weighted by Crippen LogP contribution is 2.31. The first kappa shape index (κ1) is 11.2. The summed E-state index contributed by atoms with van der Waals surface area (Å²) < 4.78 is 5.87. The van der Waals surface area contributed by atoms with E-state index < -0.39 is 0 Å². The SMILES string of the molecule is c1ccc(Oc2ncccc2C2CCCN2)cc1. The number of hydrogen-bond acceptors (Lipinski definition) is 3. The van der Waals surface area contributed by atoms with Crippen LogP contribution in [0.3, 0.4) is 0 Å². The molecule has 0 aliphatic carbocycles. The average Bonchev–Trinajstić information content (AvgIpc) is 2.94. The van der Waals surface area contributed by atoms with Crippen LogP contribution >= 0.6 is 0 Å². The number of benzene rings is 1. The van der Waals surface area contributed by atoms with Crippen LogP contribution in [-0.2, 0) is 0 Å². The monoisotopic (exact) mass is 240 g/mol. The van der Waals surface area contributed by atoms with Crippen LogP contribution in [0.25, 0.3) is 0 Å². The predicted molar refractivity (Wildman–Crippen MR) is 70.7 cm³/mol. The van der Waals surface area contributed by atoms with E-state index in [1.807, 2.05) is 36.4 Å². The first-order chi connectivity index (χ1) is 8.93. The zero-order valence-corrected chi connectivity index (χ0v) is 10.2. The summed E-state index contributed by atoms with van der Waals surface area (Å²) in [6.07, 6.45) is 4.14. The number of aromatic nitrogens is 1. The average molecular weight is 240 g/mol. The third-order valence-electron chi connectivity index (χ3n) is 3.19. The molecule has 1 aromatic heterocycles. The van der Waals surface area contributed by atoms with E-state index in [-0.39, 0.29) is 0 Å². The minimum Gasteiger partial charge on any atom is -0.439 e. The summed E-state index contributed by atoms with van der Waals surface area (Å²) in [5, 5.41) is 3.48. The topological polar surface area (TPSA) is 34.1 Å². The number of nitrogens with zero attached hydrogens (tertiary/aromatic N) is 1. The summed E-state index contributed by atoms with van der Waals surface area (Å²) in [6.45, 7) is 1.07. The van der Waals surface area contributed by atoms with E-state index in [4.69, 9.17) is 4.74 Å². The lowest BCUT2D eigenvalue weighted by molar-refractivity contribution is 0.446. The summed E-state index contributed by atoms with van der Waals surface area (Å²) in [6, 6.07) is 14.2. The van der Waals surface area contributed by atoms with Gasteiger partial charge in [0.2, 0.25) is 5.88 Å². The number of pyridine rings is 1. The molecule has 2 aromatic rings. The normalized spacial score (nSPS) is 18.8. The van der Waals surface area contributed by atoms with Crippen molar-refractivity contribution in [3.05, 3.63) is 54.2 Å². The second-order valence-corrected chi connectivity index (χ2v) is 4.46. The standard InChI is InChI=1S/C15H16N2O/c1-2-6-12(7-3-1)18-15-13(8-4-11-17-15)14-9-5-10-16-14/h1-4,6-8,11,14,16H,5,9-10H2. The van der Waals surface area contributed by atoms with Crippen LogP contribution in [0, 0.1) is 0 Å². The third-order valence-corrected chi connectivity index (χ3v) is 3.19. The summed E-state index contributed by atoms with van der Waals surface area (Å²) in [5.41, 5.74) is 1.15. The molecule has 0 radical (unpaired) electrons. The van der Waals surface area contributed by atoms with Crippen molar-refractivity contribution in [3.8, 4) is 11.6 Å². The fraction of sp³-hybridized carbons (Fsp3) is 0.267. The van der Waals surface area contributed by atoms with Crippen molar-refractivity contribution in [3.63, 3.8) is 0 Å². The molecule has 1 fully saturated rings. The van der Waals surface area contributed by atoms with E-state index in [1.165, 1.54) is 6.42 Å². The lowest BCUT2D eigenvalue weighted by Crippen LogP contribution is -2.14. The maximum atomic E-state index is 5.87. The molecule has 1 unspecified atom stereocenters. The molecule has 3 rings (SSSR count). The molecular weight excluding hydrogens is 224 g/mol. The van der Waals surface area contributed by atoms with Crippen LogP contribution in [0.2, 0.25) is 0 Å². The van der Waals surface area contributed by atoms with E-state index in [9.17, 15) is 0 Å². The van der Waals surface area contributed by atoms with E-state index in [0.29, 0.717) is 11.9 Å². The number of rotatable bonds is 3. The van der Waals surface area contributed by atoms with Crippen LogP contribution in [-0.4, -0.2) is 11.5 Å². The van der Waals surface area contributed by atoms with Crippen molar-refractivity contribution in [2.24, 2.45) is 0 Å². The molecule has 1 atom stereocenters. The highest BCUT2D eigenvalue weighted by atomic mass is 16.5. The smallest absolute Gasteiger partial charge is 0.223 e. The van der Waals surface area contributed by atoms with E-state index in [1.54, 1.807) is 6.20 Å². The Morgan fingerprint density at radius 1 is 1.11 bits per heavy atom. The van der Waals surface area contributed by atoms with Gasteiger partial charge in [-0.05, 0) is 37.6 Å². The van der Waals surface area contributed by atoms with Crippen molar-refractivity contribution in [1.29, 1.82) is 0 Å². The van der Waals surface area contributed by atoms with Crippen LogP contribution in [0.5, 0.6) is 11.6 Å². The van der Waals surface area contributed by atoms with Gasteiger partial charge in [-0.1, -0.05) is 24.3 Å². The van der Waals surface area contributed by atoms with E-state index in [0.717, 1.165) is 24.3 Å². The van der Waals surface area contributed by atoms with E-state index in [2.05, 4.69) is 16.4 Å². The number of hydrogen-bond donors (Lipinski definition) is 1. The molecular formula is C15H16N2O. The van der Waals surface area contributed by atoms with Crippen LogP contribution in [0.15, 0.2) is 48.7 Å². The van der Waals surface area contributed by atoms with Gasteiger partial charge >= 0.3 is 0 Å². The molecule has 1 N–H and O–H groups in total. The summed E-state index contributed by atoms with van der Waals surface area (Å²) >= 11 is 0. The molecule has 0 amide bonds. The Hall–Kier alpha value is -1.87. The molecule has 0 bridgehead atoms. The highest BCUT2D eigenvalue weighted by Gasteiger charge is 2.20. The second kappa shape index (κ2) is 5.19. The summed E-state index contributed by atoms with van der Waals surface area (Å²) in [7, 11) is 0. The molecule has 1 aliphatic rings. The van der Waals surface area contributed by atoms with Gasteiger partial charge in [0.25, 0.3) is 0 Å². The molecule has 92 valence electrons. The van der Waals surface area contributed by atoms with Crippen LogP contribution < -0.4 is 10.1 Å². The molecule has 1 aliphatic heterocycles. The van der Waals surface area contributed by atoms with Gasteiger partial charge in [-0.25, -0.2) is 4.98 Å². The zero-order valence-electron chi connectivity index (χ0n) is 10.2. The third kappa shape index (κ3) is 2.36. The Balaban J connectivity index is 1.87. The van der Waals surface area contributed by atoms with Crippen molar-refractivity contribution in [1.82, 2.24) is 10.3 Å². The second-order valence-electron chi connectivity index (χ2n) is 4.46. The Morgan fingerprint density at radius 2 is 2.00 bits per heavy atom. The molecule has 3 nitrogen and oxygen atoms in total. The molecule has 3 heteroatoms. The molecule has 18 heavy (non-hydrogen) atoms. The molecule has 0 spiro atoms. The maximum absolute atomic E-state index is 5.87. The first-order valence-corrected chi connectivity index (χ1v) is 6.35. The fourth-order valence-corrected chi connectivity index (χ4v) is 2.30. The van der Waals surface area contributed by atoms with Crippen LogP contribution in [0.4, 0.5) is 0 Å². The van der Waals surface area contributed by atoms with Crippen molar-refractivity contribution >= 4 is 0 Å². The minimum absolute atomic E-state index is 0.373. The largest absolute Gasteiger partial charge is 0.439 e. The lowest BCUT2D eigenvalue weighted by Gasteiger charge is -2.14. The maximum Gasteiger partial charge on any atom is 0.223 e. The first-order valence-electron chi connectivity index (χ1n) is 6.35. The highest BCUT2D eigenvalue weighted by molar-refractivity contribution is 5.34. The number of ether oxygens (including phenoxy) is 1. The number of nitrogens with one attached hydrogen (secondary N) is 1. The molecule has 1 saturated heterocycles. The van der Waals surface area contributed by atoms with Gasteiger partial charge in [0.15, 0.2) is 0 Å². The summed E-state index contributed by atoms with van der Waals surface area (Å²) in [4.78, 5) is 4.36. The lowest BCUT2D eigenvalue weighted by atomic mass is 10.1. The van der Waals surface area contributed by atoms with Gasteiger partial charge in [-0.15, -0.1) is 0 Å². The minimum atomic E-state index is 0.373. The van der Waals surface area contributed by atoms with Crippen molar-refractivity contribution < 1.29 is 4.74 Å². The van der Waals surface area contributed by atoms with Crippen molar-refractivity contribution in [2.45, 2.75) is 18.9 Å². The van der Waals surface area contributed by atoms with Gasteiger partial charge in [0.1, 0.15) is 5.75 Å². The molecule has 2 heterocycles. The van der Waals surface area contributed by atoms with Crippen molar-refractivity contribution in [2.75, 3.05) is 6.54 Å². The number of para-hydroxylation sites is 1. The van der Waals surface area contributed by atoms with Crippen LogP contribution in [0.1, 0.15) is 24.4 Å². The van der Waals surface area contributed by atoms with E-state index >= 15 is 0 Å². The van der Waals surface area contributed by atoms with Gasteiger partial charge in [-0.2, -0.15) is 0 Å². The summed E-state index contributed by atoms with van der Waals surface area (Å²) in [5.74, 6) is 1.54. The zero-order chi connectivity index (χ0) is 12.2. The Bertz CT molecular complexity index is 507. The Morgan fingerprint density at radius 3 is 2.78 bits per heavy atom. The molecule has 0 saturated carbocycles. The van der Waals surface area contributed by atoms with Gasteiger partial charge < -0.3 is 10.1 Å². The van der Waals surface area contributed by atoms with Gasteiger partial charge in [-0.3, -0.25) is 0 Å². The fourth-order valence-electron chi connectivity index (χ4n) is 2.30. The predicted octanol–water partition coefficient (Wildman–Crippen LogP) is 3.30. The van der Waals surface area contributed by atoms with Gasteiger partial charge in [0, 0.05) is 17.8 Å². The van der Waals surface area contributed by atoms with Gasteiger partial charge in [0.05, 0.1) is 0 Å². The Labute approximate surface area is 107 Å². The quantitative estimate of drug-likeness (QED) is 0.893. The molecule has 1 aromatic carbocycles. The Kier molecular flexibility index (Phi) is 3.24.